The molecule has 19 heavy (non-hydrogen) atoms. The molecule has 3 unspecified atom stereocenters. The molecular formula is C15H23FN2O. The number of benzene rings is 1. The lowest BCUT2D eigenvalue weighted by Gasteiger charge is -2.38. The SMILES string of the molecule is CNC(C)c1ccc(N2CC(C)OCC2C)c(F)c1. The van der Waals surface area contributed by atoms with Crippen LogP contribution in [0.1, 0.15) is 32.4 Å². The maximum Gasteiger partial charge on any atom is 0.146 e. The molecule has 1 aliphatic heterocycles. The predicted octanol–water partition coefficient (Wildman–Crippen LogP) is 2.72. The van der Waals surface area contributed by atoms with E-state index in [0.717, 1.165) is 12.1 Å². The van der Waals surface area contributed by atoms with Gasteiger partial charge in [-0.2, -0.15) is 0 Å². The van der Waals surface area contributed by atoms with Crippen LogP contribution in [0.15, 0.2) is 18.2 Å². The molecule has 0 aliphatic carbocycles. The van der Waals surface area contributed by atoms with Crippen LogP contribution in [0, 0.1) is 5.82 Å². The minimum absolute atomic E-state index is 0.145. The van der Waals surface area contributed by atoms with Crippen LogP contribution >= 0.6 is 0 Å². The van der Waals surface area contributed by atoms with E-state index in [1.807, 2.05) is 33.0 Å². The van der Waals surface area contributed by atoms with Gasteiger partial charge in [0.2, 0.25) is 0 Å². The van der Waals surface area contributed by atoms with Gasteiger partial charge in [-0.1, -0.05) is 6.07 Å². The first-order chi connectivity index (χ1) is 9.02. The van der Waals surface area contributed by atoms with E-state index < -0.39 is 0 Å². The molecule has 2 rings (SSSR count). The van der Waals surface area contributed by atoms with Crippen LogP contribution < -0.4 is 10.2 Å². The lowest BCUT2D eigenvalue weighted by molar-refractivity contribution is 0.0341. The molecule has 0 amide bonds. The summed E-state index contributed by atoms with van der Waals surface area (Å²) in [5, 5.41) is 3.12. The summed E-state index contributed by atoms with van der Waals surface area (Å²) in [6.07, 6.45) is 0.145. The molecular weight excluding hydrogens is 243 g/mol. The largest absolute Gasteiger partial charge is 0.375 e. The van der Waals surface area contributed by atoms with Crippen LogP contribution in [0.4, 0.5) is 10.1 Å². The molecule has 3 atom stereocenters. The normalized spacial score (nSPS) is 25.4. The zero-order valence-electron chi connectivity index (χ0n) is 12.1. The molecule has 1 N–H and O–H groups in total. The van der Waals surface area contributed by atoms with Gasteiger partial charge in [0.15, 0.2) is 0 Å². The summed E-state index contributed by atoms with van der Waals surface area (Å²) < 4.78 is 19.9. The van der Waals surface area contributed by atoms with Gasteiger partial charge in [-0.05, 0) is 45.5 Å². The van der Waals surface area contributed by atoms with Crippen molar-refractivity contribution >= 4 is 5.69 Å². The highest BCUT2D eigenvalue weighted by atomic mass is 19.1. The van der Waals surface area contributed by atoms with Crippen LogP contribution in [0.25, 0.3) is 0 Å². The van der Waals surface area contributed by atoms with E-state index >= 15 is 0 Å². The Kier molecular flexibility index (Phi) is 4.42. The van der Waals surface area contributed by atoms with E-state index in [-0.39, 0.29) is 24.0 Å². The van der Waals surface area contributed by atoms with Crippen LogP contribution in [0.5, 0.6) is 0 Å². The Morgan fingerprint density at radius 2 is 2.16 bits per heavy atom. The monoisotopic (exact) mass is 266 g/mol. The van der Waals surface area contributed by atoms with Gasteiger partial charge >= 0.3 is 0 Å². The zero-order chi connectivity index (χ0) is 14.0. The van der Waals surface area contributed by atoms with Gasteiger partial charge in [0.1, 0.15) is 5.82 Å². The lowest BCUT2D eigenvalue weighted by atomic mass is 10.1. The standard InChI is InChI=1S/C15H23FN2O/c1-10-9-19-11(2)8-18(10)15-6-5-13(7-14(15)16)12(3)17-4/h5-7,10-12,17H,8-9H2,1-4H3. The number of nitrogens with zero attached hydrogens (tertiary/aromatic N) is 1. The van der Waals surface area contributed by atoms with Gasteiger partial charge in [-0.25, -0.2) is 4.39 Å². The van der Waals surface area contributed by atoms with Crippen molar-refractivity contribution in [2.24, 2.45) is 0 Å². The molecule has 1 aromatic carbocycles. The zero-order valence-corrected chi connectivity index (χ0v) is 12.1. The summed E-state index contributed by atoms with van der Waals surface area (Å²) >= 11 is 0. The molecule has 3 nitrogen and oxygen atoms in total. The predicted molar refractivity (Wildman–Crippen MR) is 76.1 cm³/mol. The third kappa shape index (κ3) is 3.07. The summed E-state index contributed by atoms with van der Waals surface area (Å²) in [4.78, 5) is 2.09. The minimum Gasteiger partial charge on any atom is -0.375 e. The average Bonchev–Trinajstić information content (AvgIpc) is 2.41. The van der Waals surface area contributed by atoms with E-state index in [2.05, 4.69) is 17.1 Å². The summed E-state index contributed by atoms with van der Waals surface area (Å²) in [7, 11) is 1.88. The Labute approximate surface area is 114 Å². The fraction of sp³-hybridized carbons (Fsp3) is 0.600. The maximum atomic E-state index is 14.3. The second-order valence-corrected chi connectivity index (χ2v) is 5.37. The van der Waals surface area contributed by atoms with E-state index in [4.69, 9.17) is 4.74 Å². The fourth-order valence-corrected chi connectivity index (χ4v) is 2.43. The highest BCUT2D eigenvalue weighted by molar-refractivity contribution is 5.51. The Morgan fingerprint density at radius 3 is 2.79 bits per heavy atom. The molecule has 106 valence electrons. The van der Waals surface area contributed by atoms with Crippen molar-refractivity contribution in [2.45, 2.75) is 39.0 Å². The first-order valence-corrected chi connectivity index (χ1v) is 6.88. The van der Waals surface area contributed by atoms with Crippen LogP contribution in [0.3, 0.4) is 0 Å². The third-order valence-electron chi connectivity index (χ3n) is 3.82. The quantitative estimate of drug-likeness (QED) is 0.910. The highest BCUT2D eigenvalue weighted by Crippen LogP contribution is 2.27. The summed E-state index contributed by atoms with van der Waals surface area (Å²) in [6, 6.07) is 5.87. The molecule has 0 spiro atoms. The number of anilines is 1. The Hall–Kier alpha value is -1.13. The van der Waals surface area contributed by atoms with E-state index in [1.165, 1.54) is 0 Å². The van der Waals surface area contributed by atoms with Crippen molar-refractivity contribution < 1.29 is 9.13 Å². The molecule has 1 saturated heterocycles. The van der Waals surface area contributed by atoms with E-state index in [1.54, 1.807) is 6.07 Å². The first-order valence-electron chi connectivity index (χ1n) is 6.88. The summed E-state index contributed by atoms with van der Waals surface area (Å²) in [5.41, 5.74) is 1.65. The smallest absolute Gasteiger partial charge is 0.146 e. The topological polar surface area (TPSA) is 24.5 Å². The number of halogens is 1. The first kappa shape index (κ1) is 14.3. The molecule has 1 heterocycles. The number of ether oxygens (including phenoxy) is 1. The Balaban J connectivity index is 2.25. The molecule has 0 aromatic heterocycles. The van der Waals surface area contributed by atoms with Crippen molar-refractivity contribution in [3.05, 3.63) is 29.6 Å². The van der Waals surface area contributed by atoms with Gasteiger partial charge in [0.05, 0.1) is 18.4 Å². The highest BCUT2D eigenvalue weighted by Gasteiger charge is 2.25. The molecule has 4 heteroatoms. The van der Waals surface area contributed by atoms with Crippen molar-refractivity contribution in [2.75, 3.05) is 25.1 Å². The molecule has 1 aromatic rings. The van der Waals surface area contributed by atoms with Gasteiger partial charge in [-0.3, -0.25) is 0 Å². The van der Waals surface area contributed by atoms with E-state index in [9.17, 15) is 4.39 Å². The minimum atomic E-state index is -0.152. The second kappa shape index (κ2) is 5.88. The van der Waals surface area contributed by atoms with Crippen molar-refractivity contribution in [3.8, 4) is 0 Å². The van der Waals surface area contributed by atoms with Crippen LogP contribution in [0.2, 0.25) is 0 Å². The Bertz CT molecular complexity index is 438. The van der Waals surface area contributed by atoms with Crippen molar-refractivity contribution in [3.63, 3.8) is 0 Å². The Morgan fingerprint density at radius 1 is 1.42 bits per heavy atom. The van der Waals surface area contributed by atoms with Crippen LogP contribution in [-0.4, -0.2) is 32.3 Å². The van der Waals surface area contributed by atoms with E-state index in [0.29, 0.717) is 12.3 Å². The number of hydrogen-bond donors (Lipinski definition) is 1. The van der Waals surface area contributed by atoms with Gasteiger partial charge in [0, 0.05) is 18.6 Å². The van der Waals surface area contributed by atoms with Crippen molar-refractivity contribution in [1.82, 2.24) is 5.32 Å². The average molecular weight is 266 g/mol. The summed E-state index contributed by atoms with van der Waals surface area (Å²) in [6.45, 7) is 7.49. The summed E-state index contributed by atoms with van der Waals surface area (Å²) in [5.74, 6) is -0.152. The second-order valence-electron chi connectivity index (χ2n) is 5.37. The molecule has 0 radical (unpaired) electrons. The molecule has 1 fully saturated rings. The van der Waals surface area contributed by atoms with Crippen LogP contribution in [-0.2, 0) is 4.74 Å². The number of nitrogens with one attached hydrogen (secondary N) is 1. The number of morpholine rings is 1. The molecule has 1 aliphatic rings. The van der Waals surface area contributed by atoms with Gasteiger partial charge in [0.25, 0.3) is 0 Å². The van der Waals surface area contributed by atoms with Gasteiger partial charge in [-0.15, -0.1) is 0 Å². The molecule has 0 saturated carbocycles. The molecule has 0 bridgehead atoms. The lowest BCUT2D eigenvalue weighted by Crippen LogP contribution is -2.47. The third-order valence-corrected chi connectivity index (χ3v) is 3.82. The van der Waals surface area contributed by atoms with Gasteiger partial charge < -0.3 is 15.0 Å². The van der Waals surface area contributed by atoms with Crippen molar-refractivity contribution in [1.29, 1.82) is 0 Å². The fourth-order valence-electron chi connectivity index (χ4n) is 2.43. The number of hydrogen-bond acceptors (Lipinski definition) is 3. The maximum absolute atomic E-state index is 14.3. The number of rotatable bonds is 3.